The van der Waals surface area contributed by atoms with Crippen LogP contribution in [0.5, 0.6) is 0 Å². The number of benzene rings is 2. The second-order valence-corrected chi connectivity index (χ2v) is 7.03. The second kappa shape index (κ2) is 9.39. The fourth-order valence-corrected chi connectivity index (χ4v) is 3.50. The average molecular weight is 352 g/mol. The lowest BCUT2D eigenvalue weighted by atomic mass is 9.90. The maximum atomic E-state index is 12.3. The molecule has 3 rings (SSSR count). The van der Waals surface area contributed by atoms with Gasteiger partial charge in [-0.25, -0.2) is 4.79 Å². The molecule has 0 radical (unpaired) electrons. The molecule has 1 N–H and O–H groups in total. The lowest BCUT2D eigenvalue weighted by molar-refractivity contribution is 0.170. The first-order chi connectivity index (χ1) is 12.7. The largest absolute Gasteiger partial charge is 0.380 e. The lowest BCUT2D eigenvalue weighted by Crippen LogP contribution is -2.44. The Morgan fingerprint density at radius 3 is 2.31 bits per heavy atom. The van der Waals surface area contributed by atoms with Crippen LogP contribution < -0.4 is 5.32 Å². The molecule has 138 valence electrons. The van der Waals surface area contributed by atoms with E-state index in [1.807, 2.05) is 35.2 Å². The number of piperidine rings is 1. The Hall–Kier alpha value is -2.33. The topological polar surface area (TPSA) is 41.6 Å². The average Bonchev–Trinajstić information content (AvgIpc) is 2.69. The van der Waals surface area contributed by atoms with E-state index in [9.17, 15) is 4.79 Å². The summed E-state index contributed by atoms with van der Waals surface area (Å²) in [4.78, 5) is 14.3. The van der Waals surface area contributed by atoms with E-state index in [1.54, 1.807) is 7.11 Å². The van der Waals surface area contributed by atoms with Crippen molar-refractivity contribution in [1.29, 1.82) is 0 Å². The van der Waals surface area contributed by atoms with Gasteiger partial charge in [-0.3, -0.25) is 0 Å². The molecular formula is C22H28N2O2. The number of nitrogens with one attached hydrogen (secondary N) is 1. The minimum Gasteiger partial charge on any atom is -0.380 e. The maximum absolute atomic E-state index is 12.3. The van der Waals surface area contributed by atoms with Crippen LogP contribution in [0.15, 0.2) is 54.6 Å². The van der Waals surface area contributed by atoms with Gasteiger partial charge >= 0.3 is 6.03 Å². The number of hydrogen-bond acceptors (Lipinski definition) is 2. The summed E-state index contributed by atoms with van der Waals surface area (Å²) < 4.78 is 5.16. The van der Waals surface area contributed by atoms with Crippen LogP contribution >= 0.6 is 0 Å². The number of nitrogens with zero attached hydrogens (tertiary/aromatic N) is 1. The molecule has 1 saturated heterocycles. The molecule has 2 aromatic carbocycles. The number of ether oxygens (including phenoxy) is 1. The Morgan fingerprint density at radius 1 is 1.00 bits per heavy atom. The Labute approximate surface area is 156 Å². The normalized spacial score (nSPS) is 15.0. The van der Waals surface area contributed by atoms with Crippen LogP contribution in [0.2, 0.25) is 0 Å². The van der Waals surface area contributed by atoms with Crippen molar-refractivity contribution in [3.8, 4) is 0 Å². The standard InChI is InChI=1S/C22H28N2O2/c1-26-17-21-9-7-18(8-10-21)15-19-11-13-24(14-12-19)22(25)23-16-20-5-3-2-4-6-20/h2-10,19H,11-17H2,1H3,(H,23,25). The Morgan fingerprint density at radius 2 is 1.65 bits per heavy atom. The van der Waals surface area contributed by atoms with Crippen molar-refractivity contribution in [2.45, 2.75) is 32.4 Å². The van der Waals surface area contributed by atoms with Crippen molar-refractivity contribution >= 4 is 6.03 Å². The molecule has 2 amide bonds. The first kappa shape index (κ1) is 18.5. The van der Waals surface area contributed by atoms with E-state index in [0.29, 0.717) is 19.1 Å². The maximum Gasteiger partial charge on any atom is 0.317 e. The van der Waals surface area contributed by atoms with Gasteiger partial charge in [0, 0.05) is 26.7 Å². The number of likely N-dealkylation sites (tertiary alicyclic amines) is 1. The minimum absolute atomic E-state index is 0.0521. The van der Waals surface area contributed by atoms with E-state index in [-0.39, 0.29) is 6.03 Å². The smallest absolute Gasteiger partial charge is 0.317 e. The van der Waals surface area contributed by atoms with Crippen LogP contribution in [0, 0.1) is 5.92 Å². The van der Waals surface area contributed by atoms with E-state index < -0.39 is 0 Å². The molecule has 1 heterocycles. The predicted octanol–water partition coefficient (Wildman–Crippen LogP) is 4.00. The van der Waals surface area contributed by atoms with Crippen molar-refractivity contribution < 1.29 is 9.53 Å². The molecule has 0 spiro atoms. The summed E-state index contributed by atoms with van der Waals surface area (Å²) >= 11 is 0. The lowest BCUT2D eigenvalue weighted by Gasteiger charge is -2.32. The third-order valence-corrected chi connectivity index (χ3v) is 5.05. The predicted molar refractivity (Wildman–Crippen MR) is 104 cm³/mol. The van der Waals surface area contributed by atoms with Gasteiger partial charge < -0.3 is 15.0 Å². The van der Waals surface area contributed by atoms with Crippen LogP contribution in [0.3, 0.4) is 0 Å². The number of amides is 2. The van der Waals surface area contributed by atoms with Gasteiger partial charge in [-0.2, -0.15) is 0 Å². The van der Waals surface area contributed by atoms with Gasteiger partial charge in [-0.15, -0.1) is 0 Å². The van der Waals surface area contributed by atoms with Crippen LogP contribution in [0.1, 0.15) is 29.5 Å². The molecule has 2 aromatic rings. The number of hydrogen-bond donors (Lipinski definition) is 1. The van der Waals surface area contributed by atoms with Crippen LogP contribution in [0.25, 0.3) is 0 Å². The second-order valence-electron chi connectivity index (χ2n) is 7.03. The molecule has 4 nitrogen and oxygen atoms in total. The van der Waals surface area contributed by atoms with Crippen molar-refractivity contribution in [2.24, 2.45) is 5.92 Å². The van der Waals surface area contributed by atoms with Crippen LogP contribution in [-0.2, 0) is 24.3 Å². The Kier molecular flexibility index (Phi) is 6.67. The summed E-state index contributed by atoms with van der Waals surface area (Å²) in [5.41, 5.74) is 3.71. The van der Waals surface area contributed by atoms with Crippen LogP contribution in [-0.4, -0.2) is 31.1 Å². The summed E-state index contributed by atoms with van der Waals surface area (Å²) in [5.74, 6) is 0.654. The monoisotopic (exact) mass is 352 g/mol. The quantitative estimate of drug-likeness (QED) is 0.854. The van der Waals surface area contributed by atoms with E-state index >= 15 is 0 Å². The summed E-state index contributed by atoms with van der Waals surface area (Å²) in [6.07, 6.45) is 3.23. The molecule has 0 bridgehead atoms. The minimum atomic E-state index is 0.0521. The van der Waals surface area contributed by atoms with E-state index in [4.69, 9.17) is 4.74 Å². The Bertz CT molecular complexity index is 677. The molecule has 1 aliphatic rings. The highest BCUT2D eigenvalue weighted by Crippen LogP contribution is 2.22. The molecule has 0 saturated carbocycles. The summed E-state index contributed by atoms with van der Waals surface area (Å²) in [6, 6.07) is 18.8. The van der Waals surface area contributed by atoms with Crippen LogP contribution in [0.4, 0.5) is 4.79 Å². The number of urea groups is 1. The van der Waals surface area contributed by atoms with Crippen molar-refractivity contribution in [3.63, 3.8) is 0 Å². The highest BCUT2D eigenvalue weighted by Gasteiger charge is 2.22. The third kappa shape index (κ3) is 5.33. The highest BCUT2D eigenvalue weighted by atomic mass is 16.5. The van der Waals surface area contributed by atoms with Crippen molar-refractivity contribution in [1.82, 2.24) is 10.2 Å². The third-order valence-electron chi connectivity index (χ3n) is 5.05. The molecule has 0 aliphatic carbocycles. The number of carbonyl (C=O) groups is 1. The van der Waals surface area contributed by atoms with Gasteiger partial charge in [0.1, 0.15) is 0 Å². The van der Waals surface area contributed by atoms with E-state index in [1.165, 1.54) is 11.1 Å². The van der Waals surface area contributed by atoms with Gasteiger partial charge in [-0.1, -0.05) is 54.6 Å². The molecule has 0 aromatic heterocycles. The van der Waals surface area contributed by atoms with Gasteiger partial charge in [0.25, 0.3) is 0 Å². The van der Waals surface area contributed by atoms with Gasteiger partial charge in [0.05, 0.1) is 6.61 Å². The fraction of sp³-hybridized carbons (Fsp3) is 0.409. The van der Waals surface area contributed by atoms with Crippen molar-refractivity contribution in [2.75, 3.05) is 20.2 Å². The summed E-state index contributed by atoms with van der Waals surface area (Å²) in [7, 11) is 1.72. The van der Waals surface area contributed by atoms with Crippen molar-refractivity contribution in [3.05, 3.63) is 71.3 Å². The van der Waals surface area contributed by atoms with E-state index in [0.717, 1.165) is 37.9 Å². The molecular weight excluding hydrogens is 324 g/mol. The first-order valence-electron chi connectivity index (χ1n) is 9.38. The van der Waals surface area contributed by atoms with Gasteiger partial charge in [-0.05, 0) is 41.9 Å². The number of carbonyl (C=O) groups excluding carboxylic acids is 1. The highest BCUT2D eigenvalue weighted by molar-refractivity contribution is 5.74. The first-order valence-corrected chi connectivity index (χ1v) is 9.38. The molecule has 4 heteroatoms. The van der Waals surface area contributed by atoms with Gasteiger partial charge in [0.2, 0.25) is 0 Å². The molecule has 0 unspecified atom stereocenters. The van der Waals surface area contributed by atoms with Gasteiger partial charge in [0.15, 0.2) is 0 Å². The number of rotatable bonds is 6. The molecule has 0 atom stereocenters. The zero-order valence-corrected chi connectivity index (χ0v) is 15.5. The number of methoxy groups -OCH3 is 1. The molecule has 1 aliphatic heterocycles. The summed E-state index contributed by atoms with van der Waals surface area (Å²) in [6.45, 7) is 2.93. The molecule has 26 heavy (non-hydrogen) atoms. The fourth-order valence-electron chi connectivity index (χ4n) is 3.50. The summed E-state index contributed by atoms with van der Waals surface area (Å²) in [5, 5.41) is 3.03. The van der Waals surface area contributed by atoms with E-state index in [2.05, 4.69) is 29.6 Å². The zero-order valence-electron chi connectivity index (χ0n) is 15.5. The molecule has 1 fully saturated rings. The SMILES string of the molecule is COCc1ccc(CC2CCN(C(=O)NCc3ccccc3)CC2)cc1. The Balaban J connectivity index is 1.41. The zero-order chi connectivity index (χ0) is 18.2.